The summed E-state index contributed by atoms with van der Waals surface area (Å²) in [5.74, 6) is 0.133. The monoisotopic (exact) mass is 334 g/mol. The van der Waals surface area contributed by atoms with E-state index in [1.807, 2.05) is 37.1 Å². The second kappa shape index (κ2) is 6.04. The van der Waals surface area contributed by atoms with Crippen LogP contribution in [0.25, 0.3) is 0 Å². The number of nitrogens with two attached hydrogens (primary N) is 1. The molecular formula is C12H19BrN2O2S. The molecule has 0 aliphatic heterocycles. The third-order valence-corrected chi connectivity index (χ3v) is 4.11. The fraction of sp³-hybridized carbons (Fsp3) is 0.500. The van der Waals surface area contributed by atoms with Gasteiger partial charge in [0.2, 0.25) is 0 Å². The van der Waals surface area contributed by atoms with E-state index in [9.17, 15) is 8.42 Å². The summed E-state index contributed by atoms with van der Waals surface area (Å²) in [6.07, 6.45) is 1.24. The van der Waals surface area contributed by atoms with E-state index in [4.69, 9.17) is 5.73 Å². The van der Waals surface area contributed by atoms with E-state index >= 15 is 0 Å². The van der Waals surface area contributed by atoms with E-state index in [0.717, 1.165) is 15.7 Å². The molecule has 0 bridgehead atoms. The molecular weight excluding hydrogens is 316 g/mol. The molecule has 0 heterocycles. The number of hydrogen-bond acceptors (Lipinski definition) is 4. The molecule has 0 amide bonds. The predicted molar refractivity (Wildman–Crippen MR) is 79.7 cm³/mol. The topological polar surface area (TPSA) is 63.4 Å². The Morgan fingerprint density at radius 2 is 2.06 bits per heavy atom. The number of halogens is 1. The van der Waals surface area contributed by atoms with Crippen LogP contribution in [0.2, 0.25) is 0 Å². The summed E-state index contributed by atoms with van der Waals surface area (Å²) in [7, 11) is -1.08. The van der Waals surface area contributed by atoms with Gasteiger partial charge in [-0.3, -0.25) is 0 Å². The first-order valence-electron chi connectivity index (χ1n) is 5.64. The van der Waals surface area contributed by atoms with Gasteiger partial charge in [0, 0.05) is 36.1 Å². The maximum Gasteiger partial charge on any atom is 0.149 e. The first kappa shape index (κ1) is 15.5. The van der Waals surface area contributed by atoms with Gasteiger partial charge in [0.1, 0.15) is 9.84 Å². The van der Waals surface area contributed by atoms with Crippen LogP contribution >= 0.6 is 15.9 Å². The Hall–Kier alpha value is -0.590. The van der Waals surface area contributed by atoms with Crippen molar-refractivity contribution in [3.63, 3.8) is 0 Å². The molecule has 0 aliphatic carbocycles. The van der Waals surface area contributed by atoms with E-state index in [-0.39, 0.29) is 11.8 Å². The van der Waals surface area contributed by atoms with Crippen molar-refractivity contribution < 1.29 is 8.42 Å². The Morgan fingerprint density at radius 3 is 2.56 bits per heavy atom. The molecule has 1 rings (SSSR count). The summed E-state index contributed by atoms with van der Waals surface area (Å²) >= 11 is 3.42. The van der Waals surface area contributed by atoms with Crippen molar-refractivity contribution in [1.29, 1.82) is 0 Å². The Balaban J connectivity index is 2.96. The first-order valence-corrected chi connectivity index (χ1v) is 8.50. The summed E-state index contributed by atoms with van der Waals surface area (Å²) in [4.78, 5) is 1.92. The van der Waals surface area contributed by atoms with Crippen LogP contribution in [0.15, 0.2) is 22.7 Å². The van der Waals surface area contributed by atoms with Gasteiger partial charge in [-0.15, -0.1) is 0 Å². The van der Waals surface area contributed by atoms with Crippen LogP contribution in [0.3, 0.4) is 0 Å². The largest absolute Gasteiger partial charge is 0.373 e. The average Bonchev–Trinajstić information content (AvgIpc) is 2.24. The quantitative estimate of drug-likeness (QED) is 0.893. The average molecular weight is 335 g/mol. The summed E-state index contributed by atoms with van der Waals surface area (Å²) in [6, 6.07) is 5.77. The Kier molecular flexibility index (Phi) is 5.19. The van der Waals surface area contributed by atoms with Crippen molar-refractivity contribution in [3.05, 3.63) is 28.2 Å². The minimum absolute atomic E-state index is 0.0891. The lowest BCUT2D eigenvalue weighted by molar-refractivity contribution is 0.601. The van der Waals surface area contributed by atoms with Crippen molar-refractivity contribution in [2.45, 2.75) is 13.0 Å². The molecule has 102 valence electrons. The Labute approximate surface area is 117 Å². The number of rotatable bonds is 5. The zero-order valence-electron chi connectivity index (χ0n) is 10.9. The minimum atomic E-state index is -2.96. The van der Waals surface area contributed by atoms with Crippen LogP contribution in [0.4, 0.5) is 5.69 Å². The molecule has 4 nitrogen and oxygen atoms in total. The molecule has 0 radical (unpaired) electrons. The van der Waals surface area contributed by atoms with Crippen LogP contribution in [-0.4, -0.2) is 34.0 Å². The first-order chi connectivity index (χ1) is 8.20. The summed E-state index contributed by atoms with van der Waals surface area (Å²) in [6.45, 7) is 2.37. The lowest BCUT2D eigenvalue weighted by atomic mass is 10.1. The Morgan fingerprint density at radius 1 is 1.44 bits per heavy atom. The number of hydrogen-bond donors (Lipinski definition) is 1. The van der Waals surface area contributed by atoms with Crippen molar-refractivity contribution in [1.82, 2.24) is 0 Å². The second-order valence-electron chi connectivity index (χ2n) is 4.54. The highest BCUT2D eigenvalue weighted by Gasteiger charge is 2.13. The van der Waals surface area contributed by atoms with Gasteiger partial charge < -0.3 is 10.6 Å². The fourth-order valence-corrected chi connectivity index (χ4v) is 2.61. The van der Waals surface area contributed by atoms with Crippen molar-refractivity contribution >= 4 is 31.5 Å². The maximum atomic E-state index is 11.2. The van der Waals surface area contributed by atoms with Crippen molar-refractivity contribution in [2.75, 3.05) is 30.5 Å². The highest BCUT2D eigenvalue weighted by atomic mass is 79.9. The SMILES string of the molecule is CC(N)c1ccc(Br)cc1N(C)CCS(C)(=O)=O. The van der Waals surface area contributed by atoms with Gasteiger partial charge in [0.05, 0.1) is 5.75 Å². The van der Waals surface area contributed by atoms with E-state index in [1.165, 1.54) is 6.26 Å². The van der Waals surface area contributed by atoms with E-state index < -0.39 is 9.84 Å². The van der Waals surface area contributed by atoms with Gasteiger partial charge in [0.15, 0.2) is 0 Å². The van der Waals surface area contributed by atoms with Crippen LogP contribution < -0.4 is 10.6 Å². The molecule has 1 atom stereocenters. The lowest BCUT2D eigenvalue weighted by Gasteiger charge is -2.24. The van der Waals surface area contributed by atoms with E-state index in [0.29, 0.717) is 6.54 Å². The number of nitrogens with zero attached hydrogens (tertiary/aromatic N) is 1. The highest BCUT2D eigenvalue weighted by molar-refractivity contribution is 9.10. The summed E-state index contributed by atoms with van der Waals surface area (Å²) in [5, 5.41) is 0. The molecule has 0 saturated carbocycles. The normalized spacial score (nSPS) is 13.4. The molecule has 0 saturated heterocycles. The zero-order chi connectivity index (χ0) is 13.9. The molecule has 0 fully saturated rings. The van der Waals surface area contributed by atoms with Gasteiger partial charge in [-0.2, -0.15) is 0 Å². The minimum Gasteiger partial charge on any atom is -0.373 e. The third kappa shape index (κ3) is 4.59. The predicted octanol–water partition coefficient (Wildman–Crippen LogP) is 1.95. The summed E-state index contributed by atoms with van der Waals surface area (Å²) in [5.41, 5.74) is 7.89. The summed E-state index contributed by atoms with van der Waals surface area (Å²) < 4.78 is 23.3. The van der Waals surface area contributed by atoms with Crippen molar-refractivity contribution in [2.24, 2.45) is 5.73 Å². The fourth-order valence-electron chi connectivity index (χ4n) is 1.66. The van der Waals surface area contributed by atoms with E-state index in [2.05, 4.69) is 15.9 Å². The van der Waals surface area contributed by atoms with Crippen molar-refractivity contribution in [3.8, 4) is 0 Å². The standard InChI is InChI=1S/C12H19BrN2O2S/c1-9(14)11-5-4-10(13)8-12(11)15(2)6-7-18(3,16)17/h4-5,8-9H,6-7,14H2,1-3H3. The van der Waals surface area contributed by atoms with Crippen LogP contribution in [0.1, 0.15) is 18.5 Å². The number of benzene rings is 1. The molecule has 0 spiro atoms. The Bertz CT molecular complexity index is 515. The molecule has 18 heavy (non-hydrogen) atoms. The molecule has 6 heteroatoms. The molecule has 0 aliphatic rings. The molecule has 0 aromatic heterocycles. The lowest BCUT2D eigenvalue weighted by Crippen LogP contribution is -2.26. The third-order valence-electron chi connectivity index (χ3n) is 2.69. The van der Waals surface area contributed by atoms with Gasteiger partial charge in [-0.25, -0.2) is 8.42 Å². The zero-order valence-corrected chi connectivity index (χ0v) is 13.3. The smallest absolute Gasteiger partial charge is 0.149 e. The van der Waals surface area contributed by atoms with Gasteiger partial charge in [-0.05, 0) is 24.6 Å². The van der Waals surface area contributed by atoms with Crippen LogP contribution in [0, 0.1) is 0 Å². The second-order valence-corrected chi connectivity index (χ2v) is 7.72. The molecule has 1 unspecified atom stereocenters. The molecule has 2 N–H and O–H groups in total. The van der Waals surface area contributed by atoms with Gasteiger partial charge >= 0.3 is 0 Å². The van der Waals surface area contributed by atoms with Gasteiger partial charge in [0.25, 0.3) is 0 Å². The molecule has 1 aromatic carbocycles. The van der Waals surface area contributed by atoms with Crippen LogP contribution in [-0.2, 0) is 9.84 Å². The van der Waals surface area contributed by atoms with E-state index in [1.54, 1.807) is 0 Å². The number of anilines is 1. The maximum absolute atomic E-state index is 11.2. The number of sulfone groups is 1. The van der Waals surface area contributed by atoms with Gasteiger partial charge in [-0.1, -0.05) is 22.0 Å². The molecule has 1 aromatic rings. The van der Waals surface area contributed by atoms with Crippen LogP contribution in [0.5, 0.6) is 0 Å². The highest BCUT2D eigenvalue weighted by Crippen LogP contribution is 2.28.